The molecule has 3 aromatic rings. The maximum absolute atomic E-state index is 4.24. The van der Waals surface area contributed by atoms with Crippen molar-refractivity contribution in [3.8, 4) is 0 Å². The average Bonchev–Trinajstić information content (AvgIpc) is 2.80. The first kappa shape index (κ1) is 35.0. The molecule has 3 nitrogen and oxygen atoms in total. The van der Waals surface area contributed by atoms with Gasteiger partial charge in [-0.25, -0.2) is 0 Å². The van der Waals surface area contributed by atoms with Gasteiger partial charge in [0.2, 0.25) is 0 Å². The van der Waals surface area contributed by atoms with Crippen LogP contribution in [0.1, 0.15) is 45.9 Å². The Bertz CT molecular complexity index is 935. The summed E-state index contributed by atoms with van der Waals surface area (Å²) in [5.41, 5.74) is 11.3. The molecule has 0 unspecified atom stereocenters. The molecule has 0 saturated carbocycles. The van der Waals surface area contributed by atoms with Crippen LogP contribution >= 0.6 is 0 Å². The van der Waals surface area contributed by atoms with Crippen molar-refractivity contribution in [2.24, 2.45) is 0 Å². The van der Waals surface area contributed by atoms with Crippen LogP contribution in [0.2, 0.25) is 0 Å². The molecule has 0 aliphatic heterocycles. The van der Waals surface area contributed by atoms with Crippen LogP contribution < -0.4 is 15.1 Å². The van der Waals surface area contributed by atoms with Crippen LogP contribution in [-0.2, 0) is 26.2 Å². The van der Waals surface area contributed by atoms with Gasteiger partial charge < -0.3 is 22.0 Å². The molecule has 37 heavy (non-hydrogen) atoms. The average molecular weight is 577 g/mol. The van der Waals surface area contributed by atoms with Gasteiger partial charge >= 0.3 is 26.2 Å². The van der Waals surface area contributed by atoms with Crippen molar-refractivity contribution in [3.63, 3.8) is 0 Å². The van der Waals surface area contributed by atoms with Crippen LogP contribution in [0.5, 0.6) is 0 Å². The van der Waals surface area contributed by atoms with Crippen molar-refractivity contribution in [2.75, 3.05) is 36.0 Å². The van der Waals surface area contributed by atoms with Crippen LogP contribution in [-0.4, -0.2) is 26.2 Å². The second-order valence-corrected chi connectivity index (χ2v) is 9.26. The fourth-order valence-corrected chi connectivity index (χ4v) is 4.60. The molecule has 0 aromatic heterocycles. The van der Waals surface area contributed by atoms with Gasteiger partial charge in [0.1, 0.15) is 0 Å². The number of hydrogen-bond acceptors (Lipinski definition) is 3. The van der Waals surface area contributed by atoms with E-state index in [1.807, 2.05) is 30.3 Å². The first-order valence-electron chi connectivity index (χ1n) is 12.7. The van der Waals surface area contributed by atoms with Crippen molar-refractivity contribution in [1.29, 1.82) is 0 Å². The van der Waals surface area contributed by atoms with E-state index in [-0.39, 0.29) is 26.2 Å². The van der Waals surface area contributed by atoms with Crippen LogP contribution in [0.4, 0.5) is 11.4 Å². The van der Waals surface area contributed by atoms with Crippen LogP contribution in [0.15, 0.2) is 54.6 Å². The second kappa shape index (κ2) is 18.3. The summed E-state index contributed by atoms with van der Waals surface area (Å²) in [4.78, 5) is 4.21. The minimum absolute atomic E-state index is 0. The summed E-state index contributed by atoms with van der Waals surface area (Å²) in [6.07, 6.45) is 0. The van der Waals surface area contributed by atoms with Crippen molar-refractivity contribution in [3.05, 3.63) is 121 Å². The van der Waals surface area contributed by atoms with Gasteiger partial charge in [-0.3, -0.25) is 14.1 Å². The SMILES string of the molecule is [CH2-]C.[CH2-]N(CCNCCN([CH2-])c1c(C)cc(C)cc1C)c1c(C)cc(C)cc1C.[CH2-]c1ccccc1.[Zr+4]. The molecule has 0 saturated heterocycles. The van der Waals surface area contributed by atoms with Gasteiger partial charge in [-0.15, -0.1) is 12.1 Å². The number of hydrogen-bond donors (Lipinski definition) is 1. The van der Waals surface area contributed by atoms with E-state index in [1.165, 1.54) is 44.8 Å². The minimum Gasteiger partial charge on any atom is -0.524 e. The number of anilines is 2. The molecule has 4 heteroatoms. The summed E-state index contributed by atoms with van der Waals surface area (Å²) in [5, 5.41) is 3.52. The van der Waals surface area contributed by atoms with Gasteiger partial charge in [-0.05, 0) is 63.8 Å². The van der Waals surface area contributed by atoms with Gasteiger partial charge in [-0.1, -0.05) is 41.5 Å². The maximum Gasteiger partial charge on any atom is 4.00 e. The molecule has 0 radical (unpaired) electrons. The van der Waals surface area contributed by atoms with Gasteiger partial charge in [-0.2, -0.15) is 31.5 Å². The molecule has 0 fully saturated rings. The van der Waals surface area contributed by atoms with Gasteiger partial charge in [0.05, 0.1) is 0 Å². The normalized spacial score (nSPS) is 9.78. The zero-order valence-electron chi connectivity index (χ0n) is 24.2. The standard InChI is InChI=1S/C24H35N3.C7H7.C2H5.Zr/c1-17-13-19(3)23(20(4)14-17)26(7)11-9-25-10-12-27(8)24-21(5)15-18(2)16-22(24)6;1-7-5-3-2-4-6-7;1-2;/h13-16,25H,7-12H2,1-6H3;2-6H,1H2;1H2,2H3;/q-2;2*-1;+4. The smallest absolute Gasteiger partial charge is 0.524 e. The van der Waals surface area contributed by atoms with E-state index in [0.29, 0.717) is 0 Å². The molecule has 0 atom stereocenters. The van der Waals surface area contributed by atoms with Crippen LogP contribution in [0.25, 0.3) is 0 Å². The molecule has 0 aliphatic rings. The third-order valence-electron chi connectivity index (χ3n) is 5.86. The van der Waals surface area contributed by atoms with Crippen LogP contribution in [0.3, 0.4) is 0 Å². The zero-order valence-corrected chi connectivity index (χ0v) is 26.7. The summed E-state index contributed by atoms with van der Waals surface area (Å²) >= 11 is 0. The molecule has 0 spiro atoms. The summed E-state index contributed by atoms with van der Waals surface area (Å²) < 4.78 is 0. The topological polar surface area (TPSA) is 18.5 Å². The van der Waals surface area contributed by atoms with Crippen molar-refractivity contribution in [1.82, 2.24) is 5.32 Å². The Morgan fingerprint density at radius 1 is 0.622 bits per heavy atom. The maximum atomic E-state index is 4.24. The molecular weight excluding hydrogens is 530 g/mol. The number of rotatable bonds is 8. The Labute approximate surface area is 247 Å². The van der Waals surface area contributed by atoms with Crippen LogP contribution in [0, 0.1) is 69.5 Å². The molecule has 198 valence electrons. The van der Waals surface area contributed by atoms with Crippen molar-refractivity contribution >= 4 is 11.4 Å². The van der Waals surface area contributed by atoms with E-state index in [1.54, 1.807) is 6.92 Å². The summed E-state index contributed by atoms with van der Waals surface area (Å²) in [7, 11) is 8.48. The van der Waals surface area contributed by atoms with Crippen molar-refractivity contribution in [2.45, 2.75) is 48.5 Å². The minimum atomic E-state index is 0. The Morgan fingerprint density at radius 2 is 0.946 bits per heavy atom. The van der Waals surface area contributed by atoms with E-state index in [0.717, 1.165) is 31.7 Å². The molecule has 3 aromatic carbocycles. The Kier molecular flexibility index (Phi) is 17.3. The Hall–Kier alpha value is -2.03. The Morgan fingerprint density at radius 3 is 1.22 bits per heavy atom. The van der Waals surface area contributed by atoms with E-state index in [4.69, 9.17) is 0 Å². The third-order valence-corrected chi connectivity index (χ3v) is 5.86. The number of nitrogens with zero attached hydrogens (tertiary/aromatic N) is 2. The van der Waals surface area contributed by atoms with Gasteiger partial charge in [0.25, 0.3) is 0 Å². The molecule has 0 amide bonds. The predicted octanol–water partition coefficient (Wildman–Crippen LogP) is 7.73. The molecule has 0 bridgehead atoms. The van der Waals surface area contributed by atoms with E-state index in [9.17, 15) is 0 Å². The largest absolute Gasteiger partial charge is 4.00 e. The monoisotopic (exact) mass is 575 g/mol. The zero-order chi connectivity index (χ0) is 27.3. The number of aryl methyl sites for hydroxylation is 6. The predicted molar refractivity (Wildman–Crippen MR) is 162 cm³/mol. The third kappa shape index (κ3) is 11.9. The first-order valence-corrected chi connectivity index (χ1v) is 12.7. The molecule has 0 heterocycles. The van der Waals surface area contributed by atoms with Crippen molar-refractivity contribution < 1.29 is 26.2 Å². The quantitative estimate of drug-likeness (QED) is 0.219. The van der Waals surface area contributed by atoms with E-state index >= 15 is 0 Å². The van der Waals surface area contributed by atoms with Gasteiger partial charge in [0, 0.05) is 37.6 Å². The van der Waals surface area contributed by atoms with Gasteiger partial charge in [0.15, 0.2) is 0 Å². The fourth-order valence-electron chi connectivity index (χ4n) is 4.60. The number of benzene rings is 3. The molecule has 1 N–H and O–H groups in total. The summed E-state index contributed by atoms with van der Waals surface area (Å²) in [6, 6.07) is 18.8. The van der Waals surface area contributed by atoms with E-state index in [2.05, 4.69) is 109 Å². The molecule has 3 rings (SSSR count). The molecular formula is C33H47N3Zr. The second-order valence-electron chi connectivity index (χ2n) is 9.26. The first-order chi connectivity index (χ1) is 17.1. The fraction of sp³-hybridized carbons (Fsp3) is 0.333. The summed E-state index contributed by atoms with van der Waals surface area (Å²) in [5.74, 6) is 0. The van der Waals surface area contributed by atoms with E-state index < -0.39 is 0 Å². The Balaban J connectivity index is 0.00000110. The number of nitrogens with one attached hydrogen (secondary N) is 1. The molecule has 0 aliphatic carbocycles. The summed E-state index contributed by atoms with van der Waals surface area (Å²) in [6.45, 7) is 25.2.